The molecule has 0 aliphatic heterocycles. The highest BCUT2D eigenvalue weighted by Gasteiger charge is 2.32. The molecule has 2 saturated carbocycles. The zero-order valence-electron chi connectivity index (χ0n) is 15.3. The van der Waals surface area contributed by atoms with Gasteiger partial charge in [0.2, 0.25) is 11.8 Å². The fourth-order valence-corrected chi connectivity index (χ4v) is 3.13. The standard InChI is InChI=1S/C20H22N4O3/c1-11-21-18(24-27-11)17(14-6-7-14)23-19(25)16-9-8-15(13-4-5-13)20(22-16)26-10-12-2-3-12/h6,8-9,12-13,17H,2-5,7,10H2,1H3,(H,23,25)/t17-/m1/s1. The van der Waals surface area contributed by atoms with E-state index < -0.39 is 0 Å². The van der Waals surface area contributed by atoms with Crippen LogP contribution in [-0.4, -0.2) is 27.6 Å². The summed E-state index contributed by atoms with van der Waals surface area (Å²) in [5.74, 6) is 2.49. The third-order valence-corrected chi connectivity index (χ3v) is 5.18. The van der Waals surface area contributed by atoms with E-state index in [1.165, 1.54) is 25.7 Å². The number of carbonyl (C=O) groups is 1. The first kappa shape index (κ1) is 16.5. The summed E-state index contributed by atoms with van der Waals surface area (Å²) >= 11 is 0. The molecule has 0 aromatic carbocycles. The third kappa shape index (κ3) is 3.72. The van der Waals surface area contributed by atoms with Crippen LogP contribution in [0.15, 0.2) is 28.3 Å². The largest absolute Gasteiger partial charge is 0.477 e. The Bertz CT molecular complexity index is 912. The van der Waals surface area contributed by atoms with Gasteiger partial charge in [-0.05, 0) is 55.6 Å². The Balaban J connectivity index is 1.35. The second-order valence-corrected chi connectivity index (χ2v) is 7.68. The highest BCUT2D eigenvalue weighted by Crippen LogP contribution is 2.44. The number of aryl methyl sites for hydroxylation is 1. The number of nitrogens with zero attached hydrogens (tertiary/aromatic N) is 3. The summed E-state index contributed by atoms with van der Waals surface area (Å²) in [7, 11) is 0. The Labute approximate surface area is 157 Å². The van der Waals surface area contributed by atoms with Crippen LogP contribution in [0.3, 0.4) is 0 Å². The summed E-state index contributed by atoms with van der Waals surface area (Å²) < 4.78 is 11.0. The highest BCUT2D eigenvalue weighted by atomic mass is 16.5. The number of pyridine rings is 1. The van der Waals surface area contributed by atoms with Crippen molar-refractivity contribution in [1.29, 1.82) is 0 Å². The quantitative estimate of drug-likeness (QED) is 0.721. The predicted molar refractivity (Wildman–Crippen MR) is 96.4 cm³/mol. The SMILES string of the molecule is Cc1nc([C@H](NC(=O)c2ccc(C3CC3)c(OCC3CC3)n2)C2=CC2)no1. The fraction of sp³-hybridized carbons (Fsp3) is 0.500. The van der Waals surface area contributed by atoms with Gasteiger partial charge in [0.15, 0.2) is 5.82 Å². The number of allylic oxidation sites excluding steroid dienone is 1. The van der Waals surface area contributed by atoms with E-state index in [1.54, 1.807) is 13.0 Å². The monoisotopic (exact) mass is 366 g/mol. The van der Waals surface area contributed by atoms with Crippen LogP contribution in [0.1, 0.15) is 71.8 Å². The molecule has 0 radical (unpaired) electrons. The van der Waals surface area contributed by atoms with Crippen molar-refractivity contribution in [2.75, 3.05) is 6.61 Å². The highest BCUT2D eigenvalue weighted by molar-refractivity contribution is 5.93. The molecule has 7 nitrogen and oxygen atoms in total. The van der Waals surface area contributed by atoms with Crippen molar-refractivity contribution in [1.82, 2.24) is 20.4 Å². The van der Waals surface area contributed by atoms with Crippen LogP contribution in [0.5, 0.6) is 5.88 Å². The van der Waals surface area contributed by atoms with Crippen LogP contribution in [-0.2, 0) is 0 Å². The first-order valence-electron chi connectivity index (χ1n) is 9.61. The molecule has 2 fully saturated rings. The Kier molecular flexibility index (Phi) is 3.95. The van der Waals surface area contributed by atoms with Crippen LogP contribution >= 0.6 is 0 Å². The lowest BCUT2D eigenvalue weighted by molar-refractivity contribution is 0.0934. The van der Waals surface area contributed by atoms with Crippen molar-refractivity contribution in [2.24, 2.45) is 5.92 Å². The van der Waals surface area contributed by atoms with E-state index in [9.17, 15) is 4.79 Å². The summed E-state index contributed by atoms with van der Waals surface area (Å²) in [5, 5.41) is 6.94. The molecule has 3 aliphatic carbocycles. The number of aromatic nitrogens is 3. The zero-order chi connectivity index (χ0) is 18.4. The second-order valence-electron chi connectivity index (χ2n) is 7.68. The molecule has 0 spiro atoms. The summed E-state index contributed by atoms with van der Waals surface area (Å²) in [5.41, 5.74) is 2.57. The predicted octanol–water partition coefficient (Wildman–Crippen LogP) is 3.24. The number of hydrogen-bond donors (Lipinski definition) is 1. The minimum absolute atomic E-state index is 0.256. The van der Waals surface area contributed by atoms with E-state index in [4.69, 9.17) is 9.26 Å². The average molecular weight is 366 g/mol. The van der Waals surface area contributed by atoms with Gasteiger partial charge in [-0.3, -0.25) is 4.79 Å². The smallest absolute Gasteiger partial charge is 0.270 e. The third-order valence-electron chi connectivity index (χ3n) is 5.18. The Hall–Kier alpha value is -2.70. The maximum atomic E-state index is 12.8. The average Bonchev–Trinajstić information content (AvgIpc) is 3.54. The molecule has 5 rings (SSSR count). The topological polar surface area (TPSA) is 90.1 Å². The summed E-state index contributed by atoms with van der Waals surface area (Å²) in [4.78, 5) is 21.6. The maximum absolute atomic E-state index is 12.8. The van der Waals surface area contributed by atoms with E-state index in [0.29, 0.717) is 41.7 Å². The van der Waals surface area contributed by atoms with Gasteiger partial charge in [-0.25, -0.2) is 4.98 Å². The van der Waals surface area contributed by atoms with E-state index >= 15 is 0 Å². The molecule has 2 aromatic heterocycles. The minimum Gasteiger partial charge on any atom is -0.477 e. The summed E-state index contributed by atoms with van der Waals surface area (Å²) in [6.45, 7) is 2.42. The maximum Gasteiger partial charge on any atom is 0.270 e. The molecule has 7 heteroatoms. The number of ether oxygens (including phenoxy) is 1. The van der Waals surface area contributed by atoms with Crippen molar-refractivity contribution < 1.29 is 14.1 Å². The normalized spacial score (nSPS) is 19.4. The van der Waals surface area contributed by atoms with Crippen molar-refractivity contribution in [3.63, 3.8) is 0 Å². The van der Waals surface area contributed by atoms with Crippen molar-refractivity contribution in [2.45, 2.75) is 51.0 Å². The Morgan fingerprint density at radius 2 is 2.11 bits per heavy atom. The van der Waals surface area contributed by atoms with Gasteiger partial charge in [-0.2, -0.15) is 4.98 Å². The lowest BCUT2D eigenvalue weighted by Gasteiger charge is -2.14. The second kappa shape index (κ2) is 6.48. The van der Waals surface area contributed by atoms with Crippen LogP contribution < -0.4 is 10.1 Å². The van der Waals surface area contributed by atoms with E-state index in [-0.39, 0.29) is 11.9 Å². The molecule has 1 N–H and O–H groups in total. The Morgan fingerprint density at radius 1 is 1.30 bits per heavy atom. The van der Waals surface area contributed by atoms with Gasteiger partial charge in [0.05, 0.1) is 6.61 Å². The van der Waals surface area contributed by atoms with Crippen molar-refractivity contribution in [3.8, 4) is 5.88 Å². The van der Waals surface area contributed by atoms with Crippen LogP contribution in [0.4, 0.5) is 0 Å². The van der Waals surface area contributed by atoms with E-state index in [1.807, 2.05) is 12.1 Å². The van der Waals surface area contributed by atoms with Crippen molar-refractivity contribution in [3.05, 3.63) is 46.8 Å². The van der Waals surface area contributed by atoms with E-state index in [0.717, 1.165) is 17.6 Å². The number of nitrogens with one attached hydrogen (secondary N) is 1. The number of carbonyl (C=O) groups excluding carboxylic acids is 1. The number of amides is 1. The molecule has 0 bridgehead atoms. The molecule has 1 atom stereocenters. The molecule has 1 amide bonds. The molecule has 27 heavy (non-hydrogen) atoms. The fourth-order valence-electron chi connectivity index (χ4n) is 3.13. The molecule has 0 saturated heterocycles. The van der Waals surface area contributed by atoms with Crippen LogP contribution in [0.25, 0.3) is 0 Å². The van der Waals surface area contributed by atoms with Gasteiger partial charge in [0.1, 0.15) is 11.7 Å². The van der Waals surface area contributed by atoms with Gasteiger partial charge in [-0.15, -0.1) is 0 Å². The first-order valence-corrected chi connectivity index (χ1v) is 9.61. The first-order chi connectivity index (χ1) is 13.2. The van der Waals surface area contributed by atoms with Crippen LogP contribution in [0, 0.1) is 12.8 Å². The number of hydrogen-bond acceptors (Lipinski definition) is 6. The molecule has 2 heterocycles. The number of rotatable bonds is 8. The van der Waals surface area contributed by atoms with E-state index in [2.05, 4.69) is 20.4 Å². The molecule has 140 valence electrons. The van der Waals surface area contributed by atoms with Gasteiger partial charge in [-0.1, -0.05) is 17.3 Å². The Morgan fingerprint density at radius 3 is 2.74 bits per heavy atom. The van der Waals surface area contributed by atoms with Crippen molar-refractivity contribution >= 4 is 5.91 Å². The molecule has 2 aromatic rings. The molecule has 3 aliphatic rings. The van der Waals surface area contributed by atoms with Gasteiger partial charge < -0.3 is 14.6 Å². The summed E-state index contributed by atoms with van der Waals surface area (Å²) in [6.07, 6.45) is 7.67. The van der Waals surface area contributed by atoms with Gasteiger partial charge >= 0.3 is 0 Å². The lowest BCUT2D eigenvalue weighted by atomic mass is 10.1. The molecular formula is C20H22N4O3. The van der Waals surface area contributed by atoms with Crippen LogP contribution in [0.2, 0.25) is 0 Å². The zero-order valence-corrected chi connectivity index (χ0v) is 15.3. The molecular weight excluding hydrogens is 344 g/mol. The molecule has 0 unspecified atom stereocenters. The lowest BCUT2D eigenvalue weighted by Crippen LogP contribution is -2.30. The summed E-state index contributed by atoms with van der Waals surface area (Å²) in [6, 6.07) is 3.41. The van der Waals surface area contributed by atoms with Gasteiger partial charge in [0, 0.05) is 12.5 Å². The van der Waals surface area contributed by atoms with Gasteiger partial charge in [0.25, 0.3) is 5.91 Å². The minimum atomic E-state index is -0.365.